The molecule has 0 aromatic heterocycles. The van der Waals surface area contributed by atoms with Gasteiger partial charge in [-0.1, -0.05) is 26.3 Å². The monoisotopic (exact) mass is 274 g/mol. The van der Waals surface area contributed by atoms with Crippen LogP contribution in [0, 0.1) is 6.92 Å². The summed E-state index contributed by atoms with van der Waals surface area (Å²) in [7, 11) is 0. The maximum Gasteiger partial charge on any atom is 0.0408 e. The van der Waals surface area contributed by atoms with Gasteiger partial charge in [-0.05, 0) is 62.3 Å². The molecule has 0 bridgehead atoms. The van der Waals surface area contributed by atoms with Crippen LogP contribution >= 0.6 is 0 Å². The number of nitrogens with zero attached hydrogens (tertiary/aromatic N) is 1. The SMILES string of the molecule is CCCCN1c2cc(C)c(CN)cc2C(C)CC1(C)C. The van der Waals surface area contributed by atoms with Gasteiger partial charge in [0.2, 0.25) is 0 Å². The molecule has 2 nitrogen and oxygen atoms in total. The van der Waals surface area contributed by atoms with Crippen LogP contribution in [-0.4, -0.2) is 12.1 Å². The highest BCUT2D eigenvalue weighted by atomic mass is 15.2. The smallest absolute Gasteiger partial charge is 0.0408 e. The summed E-state index contributed by atoms with van der Waals surface area (Å²) < 4.78 is 0. The molecule has 0 saturated heterocycles. The first kappa shape index (κ1) is 15.4. The standard InChI is InChI=1S/C18H30N2/c1-6-7-8-20-17-9-13(2)15(12-19)10-16(17)14(3)11-18(20,4)5/h9-10,14H,6-8,11-12,19H2,1-5H3. The molecule has 0 saturated carbocycles. The van der Waals surface area contributed by atoms with Crippen molar-refractivity contribution < 1.29 is 0 Å². The summed E-state index contributed by atoms with van der Waals surface area (Å²) in [5.41, 5.74) is 11.7. The van der Waals surface area contributed by atoms with Gasteiger partial charge in [-0.3, -0.25) is 0 Å². The molecule has 2 rings (SSSR count). The first-order valence-corrected chi connectivity index (χ1v) is 8.01. The molecule has 0 fully saturated rings. The fourth-order valence-electron chi connectivity index (χ4n) is 3.64. The van der Waals surface area contributed by atoms with Crippen molar-refractivity contribution in [3.05, 3.63) is 28.8 Å². The van der Waals surface area contributed by atoms with E-state index in [0.29, 0.717) is 12.5 Å². The molecule has 1 unspecified atom stereocenters. The normalized spacial score (nSPS) is 20.9. The van der Waals surface area contributed by atoms with E-state index in [1.54, 1.807) is 0 Å². The molecule has 2 heteroatoms. The first-order valence-electron chi connectivity index (χ1n) is 8.01. The number of rotatable bonds is 4. The zero-order chi connectivity index (χ0) is 14.9. The third kappa shape index (κ3) is 2.71. The van der Waals surface area contributed by atoms with E-state index in [-0.39, 0.29) is 5.54 Å². The summed E-state index contributed by atoms with van der Waals surface area (Å²) in [5, 5.41) is 0. The predicted molar refractivity (Wildman–Crippen MR) is 88.4 cm³/mol. The lowest BCUT2D eigenvalue weighted by molar-refractivity contribution is 0.373. The van der Waals surface area contributed by atoms with Crippen LogP contribution in [0.1, 0.15) is 69.6 Å². The summed E-state index contributed by atoms with van der Waals surface area (Å²) in [6, 6.07) is 4.72. The van der Waals surface area contributed by atoms with Gasteiger partial charge in [0, 0.05) is 24.3 Å². The minimum atomic E-state index is 0.248. The molecule has 1 aromatic carbocycles. The molecule has 112 valence electrons. The summed E-state index contributed by atoms with van der Waals surface area (Å²) in [6.45, 7) is 13.4. The molecule has 1 aliphatic heterocycles. The fraction of sp³-hybridized carbons (Fsp3) is 0.667. The highest BCUT2D eigenvalue weighted by Gasteiger charge is 2.36. The maximum atomic E-state index is 5.88. The van der Waals surface area contributed by atoms with Crippen LogP contribution in [0.5, 0.6) is 0 Å². The van der Waals surface area contributed by atoms with Crippen molar-refractivity contribution in [1.29, 1.82) is 0 Å². The van der Waals surface area contributed by atoms with Gasteiger partial charge in [0.15, 0.2) is 0 Å². The summed E-state index contributed by atoms with van der Waals surface area (Å²) in [4.78, 5) is 2.62. The Hall–Kier alpha value is -1.02. The number of hydrogen-bond acceptors (Lipinski definition) is 2. The second kappa shape index (κ2) is 5.77. The molecule has 2 N–H and O–H groups in total. The van der Waals surface area contributed by atoms with Crippen molar-refractivity contribution in [2.75, 3.05) is 11.4 Å². The van der Waals surface area contributed by atoms with E-state index in [1.807, 2.05) is 0 Å². The van der Waals surface area contributed by atoms with Gasteiger partial charge in [-0.2, -0.15) is 0 Å². The van der Waals surface area contributed by atoms with Crippen molar-refractivity contribution in [2.45, 2.75) is 71.9 Å². The number of unbranched alkanes of at least 4 members (excludes halogenated alkanes) is 1. The highest BCUT2D eigenvalue weighted by Crippen LogP contribution is 2.44. The van der Waals surface area contributed by atoms with Crippen LogP contribution < -0.4 is 10.6 Å². The Balaban J connectivity index is 2.49. The third-order valence-corrected chi connectivity index (χ3v) is 4.80. The van der Waals surface area contributed by atoms with E-state index in [1.165, 1.54) is 41.6 Å². The lowest BCUT2D eigenvalue weighted by Gasteiger charge is -2.48. The van der Waals surface area contributed by atoms with Gasteiger partial charge < -0.3 is 10.6 Å². The third-order valence-electron chi connectivity index (χ3n) is 4.80. The number of benzene rings is 1. The highest BCUT2D eigenvalue weighted by molar-refractivity contribution is 5.62. The van der Waals surface area contributed by atoms with E-state index in [9.17, 15) is 0 Å². The van der Waals surface area contributed by atoms with Gasteiger partial charge >= 0.3 is 0 Å². The molecule has 0 radical (unpaired) electrons. The minimum absolute atomic E-state index is 0.248. The molecule has 1 heterocycles. The van der Waals surface area contributed by atoms with Gasteiger partial charge in [0.25, 0.3) is 0 Å². The minimum Gasteiger partial charge on any atom is -0.366 e. The van der Waals surface area contributed by atoms with Gasteiger partial charge in [-0.15, -0.1) is 0 Å². The quantitative estimate of drug-likeness (QED) is 0.884. The zero-order valence-electron chi connectivity index (χ0n) is 13.8. The lowest BCUT2D eigenvalue weighted by Crippen LogP contribution is -2.48. The van der Waals surface area contributed by atoms with E-state index in [0.717, 1.165) is 6.54 Å². The molecule has 1 aliphatic rings. The Bertz CT molecular complexity index is 477. The second-order valence-electron chi connectivity index (χ2n) is 6.96. The topological polar surface area (TPSA) is 29.3 Å². The number of hydrogen-bond donors (Lipinski definition) is 1. The molecule has 1 aromatic rings. The van der Waals surface area contributed by atoms with Crippen molar-refractivity contribution in [1.82, 2.24) is 0 Å². The Labute approximate surface area is 124 Å². The summed E-state index contributed by atoms with van der Waals surface area (Å²) in [6.07, 6.45) is 3.73. The molecule has 20 heavy (non-hydrogen) atoms. The Morgan fingerprint density at radius 1 is 1.35 bits per heavy atom. The number of nitrogens with two attached hydrogens (primary N) is 1. The molecular weight excluding hydrogens is 244 g/mol. The summed E-state index contributed by atoms with van der Waals surface area (Å²) >= 11 is 0. The van der Waals surface area contributed by atoms with Crippen LogP contribution in [0.2, 0.25) is 0 Å². The van der Waals surface area contributed by atoms with Crippen LogP contribution in [0.15, 0.2) is 12.1 Å². The molecule has 0 aliphatic carbocycles. The van der Waals surface area contributed by atoms with Crippen molar-refractivity contribution >= 4 is 5.69 Å². The van der Waals surface area contributed by atoms with Crippen molar-refractivity contribution in [3.63, 3.8) is 0 Å². The Kier molecular flexibility index (Phi) is 4.43. The summed E-state index contributed by atoms with van der Waals surface area (Å²) in [5.74, 6) is 0.615. The number of fused-ring (bicyclic) bond motifs is 1. The van der Waals surface area contributed by atoms with E-state index in [4.69, 9.17) is 5.73 Å². The predicted octanol–water partition coefficient (Wildman–Crippen LogP) is 4.35. The van der Waals surface area contributed by atoms with Crippen LogP contribution in [0.25, 0.3) is 0 Å². The zero-order valence-corrected chi connectivity index (χ0v) is 13.8. The molecule has 0 amide bonds. The molecular formula is C18H30N2. The van der Waals surface area contributed by atoms with Crippen LogP contribution in [0.3, 0.4) is 0 Å². The van der Waals surface area contributed by atoms with E-state index >= 15 is 0 Å². The second-order valence-corrected chi connectivity index (χ2v) is 6.96. The average Bonchev–Trinajstić information content (AvgIpc) is 2.37. The van der Waals surface area contributed by atoms with Crippen LogP contribution in [-0.2, 0) is 6.54 Å². The number of anilines is 1. The number of aryl methyl sites for hydroxylation is 1. The molecule has 1 atom stereocenters. The first-order chi connectivity index (χ1) is 9.40. The van der Waals surface area contributed by atoms with Gasteiger partial charge in [0.05, 0.1) is 0 Å². The van der Waals surface area contributed by atoms with Gasteiger partial charge in [-0.25, -0.2) is 0 Å². The van der Waals surface area contributed by atoms with E-state index < -0.39 is 0 Å². The largest absolute Gasteiger partial charge is 0.366 e. The maximum absolute atomic E-state index is 5.88. The van der Waals surface area contributed by atoms with Gasteiger partial charge in [0.1, 0.15) is 0 Å². The molecule has 0 spiro atoms. The van der Waals surface area contributed by atoms with Crippen molar-refractivity contribution in [2.24, 2.45) is 5.73 Å². The fourth-order valence-corrected chi connectivity index (χ4v) is 3.64. The lowest BCUT2D eigenvalue weighted by atomic mass is 9.79. The Morgan fingerprint density at radius 2 is 2.05 bits per heavy atom. The average molecular weight is 274 g/mol. The van der Waals surface area contributed by atoms with Crippen LogP contribution in [0.4, 0.5) is 5.69 Å². The Morgan fingerprint density at radius 3 is 2.65 bits per heavy atom. The van der Waals surface area contributed by atoms with Crippen molar-refractivity contribution in [3.8, 4) is 0 Å². The van der Waals surface area contributed by atoms with E-state index in [2.05, 4.69) is 51.7 Å².